The Hall–Kier alpha value is -1.67. The summed E-state index contributed by atoms with van der Waals surface area (Å²) in [6, 6.07) is 3.90. The molecule has 3 N–H and O–H groups in total. The molecule has 2 rings (SSSR count). The summed E-state index contributed by atoms with van der Waals surface area (Å²) >= 11 is 0.873. The van der Waals surface area contributed by atoms with E-state index in [0.29, 0.717) is 11.3 Å². The molecule has 0 radical (unpaired) electrons. The minimum Gasteiger partial charge on any atom is -0.375 e. The van der Waals surface area contributed by atoms with Crippen LogP contribution >= 0.6 is 11.3 Å². The van der Waals surface area contributed by atoms with E-state index in [4.69, 9.17) is 5.73 Å². The highest BCUT2D eigenvalue weighted by Crippen LogP contribution is 2.28. The summed E-state index contributed by atoms with van der Waals surface area (Å²) in [5, 5.41) is 0.175. The number of thiazole rings is 1. The van der Waals surface area contributed by atoms with Crippen molar-refractivity contribution in [2.75, 3.05) is 10.5 Å². The Kier molecular flexibility index (Phi) is 3.46. The second kappa shape index (κ2) is 4.78. The molecule has 8 heteroatoms. The van der Waals surface area contributed by atoms with Gasteiger partial charge in [-0.25, -0.2) is 17.8 Å². The van der Waals surface area contributed by atoms with Gasteiger partial charge < -0.3 is 5.73 Å². The summed E-state index contributed by atoms with van der Waals surface area (Å²) in [5.74, 6) is -0.510. The van der Waals surface area contributed by atoms with Gasteiger partial charge in [-0.15, -0.1) is 0 Å². The highest BCUT2D eigenvalue weighted by Gasteiger charge is 2.22. The minimum atomic E-state index is -3.80. The quantitative estimate of drug-likeness (QED) is 0.910. The van der Waals surface area contributed by atoms with Gasteiger partial charge in [-0.3, -0.25) is 4.72 Å². The van der Waals surface area contributed by atoms with E-state index in [1.165, 1.54) is 12.1 Å². The molecular formula is C11H12FN3O2S2. The zero-order valence-electron chi connectivity index (χ0n) is 10.3. The summed E-state index contributed by atoms with van der Waals surface area (Å²) in [6.07, 6.45) is 0. The van der Waals surface area contributed by atoms with Crippen LogP contribution < -0.4 is 10.5 Å². The van der Waals surface area contributed by atoms with Crippen molar-refractivity contribution >= 4 is 32.2 Å². The predicted molar refractivity (Wildman–Crippen MR) is 73.2 cm³/mol. The molecule has 5 nitrogen and oxygen atoms in total. The van der Waals surface area contributed by atoms with Gasteiger partial charge in [-0.05, 0) is 31.5 Å². The number of aromatic nitrogens is 1. The molecule has 0 amide bonds. The number of aryl methyl sites for hydroxylation is 2. The number of anilines is 2. The molecule has 102 valence electrons. The lowest BCUT2D eigenvalue weighted by Gasteiger charge is -2.09. The van der Waals surface area contributed by atoms with Crippen molar-refractivity contribution in [2.24, 2.45) is 0 Å². The van der Waals surface area contributed by atoms with Crippen molar-refractivity contribution in [2.45, 2.75) is 18.1 Å². The molecule has 0 saturated heterocycles. The van der Waals surface area contributed by atoms with Crippen LogP contribution in [0, 0.1) is 19.7 Å². The van der Waals surface area contributed by atoms with E-state index in [2.05, 4.69) is 9.71 Å². The van der Waals surface area contributed by atoms with E-state index >= 15 is 0 Å². The topological polar surface area (TPSA) is 85.1 Å². The molecule has 0 aliphatic carbocycles. The van der Waals surface area contributed by atoms with E-state index in [1.54, 1.807) is 13.8 Å². The van der Waals surface area contributed by atoms with Crippen LogP contribution in [0.4, 0.5) is 15.2 Å². The van der Waals surface area contributed by atoms with Crippen LogP contribution in [0.3, 0.4) is 0 Å². The van der Waals surface area contributed by atoms with Crippen molar-refractivity contribution in [3.63, 3.8) is 0 Å². The number of nitrogens with one attached hydrogen (secondary N) is 1. The third-order valence-electron chi connectivity index (χ3n) is 2.46. The van der Waals surface area contributed by atoms with Gasteiger partial charge in [0.25, 0.3) is 10.0 Å². The molecule has 0 aliphatic rings. The Morgan fingerprint density at radius 1 is 1.37 bits per heavy atom. The smallest absolute Gasteiger partial charge is 0.273 e. The molecule has 2 aromatic rings. The lowest BCUT2D eigenvalue weighted by atomic mass is 10.2. The third kappa shape index (κ3) is 2.85. The number of benzene rings is 1. The molecule has 0 atom stereocenters. The van der Waals surface area contributed by atoms with Crippen LogP contribution in [0.25, 0.3) is 0 Å². The molecule has 0 spiro atoms. The van der Waals surface area contributed by atoms with E-state index in [1.807, 2.05) is 0 Å². The standard InChI is InChI=1S/C11H12FN3O2S2/c1-6-3-4-8(12)5-9(6)15-19(16,17)10-7(2)14-11(13)18-10/h3-5,15H,1-2H3,(H2,13,14). The second-order valence-electron chi connectivity index (χ2n) is 3.99. The van der Waals surface area contributed by atoms with Gasteiger partial charge >= 0.3 is 0 Å². The van der Waals surface area contributed by atoms with E-state index in [-0.39, 0.29) is 15.0 Å². The zero-order chi connectivity index (χ0) is 14.2. The molecule has 1 aromatic heterocycles. The van der Waals surface area contributed by atoms with Crippen molar-refractivity contribution < 1.29 is 12.8 Å². The molecule has 1 aromatic carbocycles. The van der Waals surface area contributed by atoms with Gasteiger partial charge in [0.2, 0.25) is 0 Å². The summed E-state index contributed by atoms with van der Waals surface area (Å²) in [5.41, 5.74) is 6.63. The highest BCUT2D eigenvalue weighted by molar-refractivity contribution is 7.94. The van der Waals surface area contributed by atoms with E-state index < -0.39 is 15.8 Å². The summed E-state index contributed by atoms with van der Waals surface area (Å²) in [4.78, 5) is 3.86. The van der Waals surface area contributed by atoms with E-state index in [9.17, 15) is 12.8 Å². The average molecular weight is 301 g/mol. The van der Waals surface area contributed by atoms with Crippen LogP contribution in [0.5, 0.6) is 0 Å². The van der Waals surface area contributed by atoms with Gasteiger partial charge in [-0.1, -0.05) is 17.4 Å². The number of nitrogens with zero attached hydrogens (tertiary/aromatic N) is 1. The number of nitrogen functional groups attached to an aromatic ring is 1. The number of rotatable bonds is 3. The van der Waals surface area contributed by atoms with Gasteiger partial charge in [0, 0.05) is 0 Å². The first-order chi connectivity index (χ1) is 8.79. The summed E-state index contributed by atoms with van der Waals surface area (Å²) in [6.45, 7) is 3.24. The number of sulfonamides is 1. The van der Waals surface area contributed by atoms with Crippen LogP contribution in [0.15, 0.2) is 22.4 Å². The monoisotopic (exact) mass is 301 g/mol. The number of hydrogen-bond acceptors (Lipinski definition) is 5. The average Bonchev–Trinajstić information content (AvgIpc) is 2.63. The summed E-state index contributed by atoms with van der Waals surface area (Å²) in [7, 11) is -3.80. The van der Waals surface area contributed by atoms with Gasteiger partial charge in [-0.2, -0.15) is 0 Å². The van der Waals surface area contributed by atoms with Crippen LogP contribution in [0.1, 0.15) is 11.3 Å². The first-order valence-corrected chi connectivity index (χ1v) is 7.61. The van der Waals surface area contributed by atoms with Crippen molar-refractivity contribution in [1.82, 2.24) is 4.98 Å². The maximum atomic E-state index is 13.1. The first-order valence-electron chi connectivity index (χ1n) is 5.31. The van der Waals surface area contributed by atoms with Crippen LogP contribution in [-0.4, -0.2) is 13.4 Å². The lowest BCUT2D eigenvalue weighted by Crippen LogP contribution is -2.13. The molecular weight excluding hydrogens is 289 g/mol. The third-order valence-corrected chi connectivity index (χ3v) is 5.42. The molecule has 0 saturated carbocycles. The number of halogens is 1. The highest BCUT2D eigenvalue weighted by atomic mass is 32.2. The van der Waals surface area contributed by atoms with Crippen LogP contribution in [-0.2, 0) is 10.0 Å². The fourth-order valence-corrected chi connectivity index (χ4v) is 3.97. The lowest BCUT2D eigenvalue weighted by molar-refractivity contribution is 0.602. The maximum absolute atomic E-state index is 13.1. The maximum Gasteiger partial charge on any atom is 0.273 e. The number of nitrogens with two attached hydrogens (primary N) is 1. The first kappa shape index (κ1) is 13.8. The molecule has 0 fully saturated rings. The number of hydrogen-bond donors (Lipinski definition) is 2. The minimum absolute atomic E-state index is 0.0358. The Morgan fingerprint density at radius 3 is 2.63 bits per heavy atom. The van der Waals surface area contributed by atoms with Gasteiger partial charge in [0.05, 0.1) is 11.4 Å². The zero-order valence-corrected chi connectivity index (χ0v) is 11.9. The molecule has 19 heavy (non-hydrogen) atoms. The SMILES string of the molecule is Cc1ccc(F)cc1NS(=O)(=O)c1sc(N)nc1C. The fraction of sp³-hybridized carbons (Fsp3) is 0.182. The van der Waals surface area contributed by atoms with Gasteiger partial charge in [0.15, 0.2) is 9.34 Å². The predicted octanol–water partition coefficient (Wildman–Crippen LogP) is 2.28. The van der Waals surface area contributed by atoms with Gasteiger partial charge in [0.1, 0.15) is 5.82 Å². The molecule has 0 aliphatic heterocycles. The molecule has 0 unspecified atom stereocenters. The molecule has 0 bridgehead atoms. The normalized spacial score (nSPS) is 11.5. The van der Waals surface area contributed by atoms with E-state index in [0.717, 1.165) is 17.4 Å². The largest absolute Gasteiger partial charge is 0.375 e. The second-order valence-corrected chi connectivity index (χ2v) is 6.90. The van der Waals surface area contributed by atoms with Crippen molar-refractivity contribution in [3.05, 3.63) is 35.3 Å². The van der Waals surface area contributed by atoms with Crippen LogP contribution in [0.2, 0.25) is 0 Å². The summed E-state index contributed by atoms with van der Waals surface area (Å²) < 4.78 is 39.9. The van der Waals surface area contributed by atoms with Crippen molar-refractivity contribution in [3.8, 4) is 0 Å². The Morgan fingerprint density at radius 2 is 2.05 bits per heavy atom. The Labute approximate surface area is 114 Å². The molecule has 1 heterocycles. The van der Waals surface area contributed by atoms with Crippen molar-refractivity contribution in [1.29, 1.82) is 0 Å². The Balaban J connectivity index is 2.42. The fourth-order valence-electron chi connectivity index (χ4n) is 1.55. The Bertz CT molecular complexity index is 726.